The predicted octanol–water partition coefficient (Wildman–Crippen LogP) is 2.20. The van der Waals surface area contributed by atoms with Gasteiger partial charge in [0, 0.05) is 6.20 Å². The highest BCUT2D eigenvalue weighted by Gasteiger charge is 2.49. The van der Waals surface area contributed by atoms with Crippen LogP contribution in [0.5, 0.6) is 0 Å². The number of alkyl halides is 1. The SMILES string of the molecule is CC(C)(C)OC(=O)N1CC(F)(c2ccc(C(=O)O)cn2)C1. The van der Waals surface area contributed by atoms with Gasteiger partial charge in [-0.15, -0.1) is 0 Å². The number of rotatable bonds is 2. The molecule has 1 saturated heterocycles. The molecule has 2 rings (SSSR count). The highest BCUT2D eigenvalue weighted by molar-refractivity contribution is 5.87. The van der Waals surface area contributed by atoms with E-state index in [-0.39, 0.29) is 24.3 Å². The van der Waals surface area contributed by atoms with Crippen LogP contribution in [0, 0.1) is 0 Å². The summed E-state index contributed by atoms with van der Waals surface area (Å²) in [5.41, 5.74) is -2.28. The lowest BCUT2D eigenvalue weighted by molar-refractivity contribution is -0.0556. The number of halogens is 1. The molecule has 114 valence electrons. The summed E-state index contributed by atoms with van der Waals surface area (Å²) in [6.07, 6.45) is 0.535. The molecule has 1 N–H and O–H groups in total. The van der Waals surface area contributed by atoms with Crippen LogP contribution in [0.1, 0.15) is 36.8 Å². The Hall–Kier alpha value is -2.18. The Morgan fingerprint density at radius 3 is 2.43 bits per heavy atom. The molecule has 0 bridgehead atoms. The van der Waals surface area contributed by atoms with Crippen molar-refractivity contribution < 1.29 is 23.8 Å². The highest BCUT2D eigenvalue weighted by Crippen LogP contribution is 2.35. The minimum absolute atomic E-state index is 0.00864. The molecule has 21 heavy (non-hydrogen) atoms. The number of carboxylic acids is 1. The van der Waals surface area contributed by atoms with E-state index < -0.39 is 23.3 Å². The van der Waals surface area contributed by atoms with Crippen molar-refractivity contribution in [1.29, 1.82) is 0 Å². The van der Waals surface area contributed by atoms with Gasteiger partial charge in [-0.1, -0.05) is 0 Å². The largest absolute Gasteiger partial charge is 0.478 e. The fourth-order valence-electron chi connectivity index (χ4n) is 1.96. The van der Waals surface area contributed by atoms with Crippen LogP contribution in [0.25, 0.3) is 0 Å². The molecule has 0 spiro atoms. The molecular formula is C14H17FN2O4. The third-order valence-corrected chi connectivity index (χ3v) is 3.00. The first-order valence-electron chi connectivity index (χ1n) is 6.47. The van der Waals surface area contributed by atoms with Crippen molar-refractivity contribution in [3.8, 4) is 0 Å². The lowest BCUT2D eigenvalue weighted by atomic mass is 9.92. The second kappa shape index (κ2) is 4.98. The van der Waals surface area contributed by atoms with Crippen molar-refractivity contribution in [1.82, 2.24) is 9.88 Å². The summed E-state index contributed by atoms with van der Waals surface area (Å²) >= 11 is 0. The van der Waals surface area contributed by atoms with E-state index in [1.54, 1.807) is 20.8 Å². The van der Waals surface area contributed by atoms with E-state index in [9.17, 15) is 14.0 Å². The molecule has 0 saturated carbocycles. The van der Waals surface area contributed by atoms with Gasteiger partial charge in [0.2, 0.25) is 0 Å². The average molecular weight is 296 g/mol. The van der Waals surface area contributed by atoms with Gasteiger partial charge in [0.15, 0.2) is 5.67 Å². The van der Waals surface area contributed by atoms with Crippen molar-refractivity contribution in [2.45, 2.75) is 32.0 Å². The highest BCUT2D eigenvalue weighted by atomic mass is 19.1. The standard InChI is InChI=1S/C14H17FN2O4/c1-13(2,3)21-12(20)17-7-14(15,8-17)10-5-4-9(6-16-10)11(18)19/h4-6H,7-8H2,1-3H3,(H,18,19). The van der Waals surface area contributed by atoms with Crippen molar-refractivity contribution in [2.24, 2.45) is 0 Å². The number of ether oxygens (including phenoxy) is 1. The van der Waals surface area contributed by atoms with Gasteiger partial charge in [-0.2, -0.15) is 0 Å². The molecule has 1 fully saturated rings. The molecule has 1 aromatic heterocycles. The molecule has 7 heteroatoms. The Labute approximate surface area is 121 Å². The fraction of sp³-hybridized carbons (Fsp3) is 0.500. The summed E-state index contributed by atoms with van der Waals surface area (Å²) < 4.78 is 19.7. The summed E-state index contributed by atoms with van der Waals surface area (Å²) in [6, 6.07) is 2.62. The summed E-state index contributed by atoms with van der Waals surface area (Å²) in [5.74, 6) is -1.12. The molecule has 1 aliphatic heterocycles. The molecule has 0 radical (unpaired) electrons. The quantitative estimate of drug-likeness (QED) is 0.905. The Bertz CT molecular complexity index is 559. The number of carboxylic acid groups (broad SMARTS) is 1. The van der Waals surface area contributed by atoms with E-state index in [1.807, 2.05) is 0 Å². The second-order valence-electron chi connectivity index (χ2n) is 6.04. The molecule has 0 aromatic carbocycles. The van der Waals surface area contributed by atoms with Gasteiger partial charge in [0.25, 0.3) is 0 Å². The number of aromatic nitrogens is 1. The van der Waals surface area contributed by atoms with E-state index >= 15 is 0 Å². The van der Waals surface area contributed by atoms with E-state index in [0.717, 1.165) is 6.20 Å². The van der Waals surface area contributed by atoms with Gasteiger partial charge >= 0.3 is 12.1 Å². The van der Waals surface area contributed by atoms with Crippen LogP contribution in [0.2, 0.25) is 0 Å². The first kappa shape index (κ1) is 15.2. The third kappa shape index (κ3) is 3.29. The maximum Gasteiger partial charge on any atom is 0.410 e. The monoisotopic (exact) mass is 296 g/mol. The fourth-order valence-corrected chi connectivity index (χ4v) is 1.96. The minimum Gasteiger partial charge on any atom is -0.478 e. The first-order chi connectivity index (χ1) is 9.61. The predicted molar refractivity (Wildman–Crippen MR) is 71.8 cm³/mol. The summed E-state index contributed by atoms with van der Waals surface area (Å²) in [6.45, 7) is 4.90. The minimum atomic E-state index is -1.76. The molecule has 1 aromatic rings. The Kier molecular flexibility index (Phi) is 3.61. The van der Waals surface area contributed by atoms with Crippen molar-refractivity contribution in [2.75, 3.05) is 13.1 Å². The van der Waals surface area contributed by atoms with Crippen LogP contribution in [0.15, 0.2) is 18.3 Å². The number of nitrogens with zero attached hydrogens (tertiary/aromatic N) is 2. The number of hydrogen-bond acceptors (Lipinski definition) is 4. The Balaban J connectivity index is 2.01. The number of aromatic carboxylic acids is 1. The molecule has 0 aliphatic carbocycles. The number of carbonyl (C=O) groups excluding carboxylic acids is 1. The molecule has 0 unspecified atom stereocenters. The number of likely N-dealkylation sites (tertiary alicyclic amines) is 1. The van der Waals surface area contributed by atoms with Gasteiger partial charge < -0.3 is 14.7 Å². The Morgan fingerprint density at radius 1 is 1.38 bits per heavy atom. The maximum atomic E-state index is 14.6. The van der Waals surface area contributed by atoms with Crippen LogP contribution in [-0.2, 0) is 10.4 Å². The first-order valence-corrected chi connectivity index (χ1v) is 6.47. The van der Waals surface area contributed by atoms with E-state index in [4.69, 9.17) is 9.84 Å². The number of amides is 1. The van der Waals surface area contributed by atoms with Gasteiger partial charge in [-0.05, 0) is 32.9 Å². The molecule has 0 atom stereocenters. The summed E-state index contributed by atoms with van der Waals surface area (Å²) in [4.78, 5) is 27.5. The molecule has 6 nitrogen and oxygen atoms in total. The maximum absolute atomic E-state index is 14.6. The second-order valence-corrected chi connectivity index (χ2v) is 6.04. The zero-order valence-corrected chi connectivity index (χ0v) is 12.1. The lowest BCUT2D eigenvalue weighted by Gasteiger charge is -2.43. The molecule has 2 heterocycles. The van der Waals surface area contributed by atoms with E-state index in [2.05, 4.69) is 4.98 Å². The van der Waals surface area contributed by atoms with Crippen molar-refractivity contribution in [3.63, 3.8) is 0 Å². The third-order valence-electron chi connectivity index (χ3n) is 3.00. The summed E-state index contributed by atoms with van der Waals surface area (Å²) in [5, 5.41) is 8.77. The van der Waals surface area contributed by atoms with E-state index in [1.165, 1.54) is 17.0 Å². The smallest absolute Gasteiger partial charge is 0.410 e. The molecule has 1 amide bonds. The zero-order valence-electron chi connectivity index (χ0n) is 12.1. The number of pyridine rings is 1. The molecular weight excluding hydrogens is 279 g/mol. The number of hydrogen-bond donors (Lipinski definition) is 1. The number of carbonyl (C=O) groups is 2. The van der Waals surface area contributed by atoms with E-state index in [0.29, 0.717) is 0 Å². The lowest BCUT2D eigenvalue weighted by Crippen LogP contribution is -2.59. The van der Waals surface area contributed by atoms with Crippen LogP contribution in [0.3, 0.4) is 0 Å². The van der Waals surface area contributed by atoms with Crippen LogP contribution >= 0.6 is 0 Å². The average Bonchev–Trinajstić information content (AvgIpc) is 2.33. The van der Waals surface area contributed by atoms with Crippen molar-refractivity contribution >= 4 is 12.1 Å². The summed E-state index contributed by atoms with van der Waals surface area (Å²) in [7, 11) is 0. The van der Waals surface area contributed by atoms with Gasteiger partial charge in [0.1, 0.15) is 5.60 Å². The molecule has 1 aliphatic rings. The topological polar surface area (TPSA) is 79.7 Å². The van der Waals surface area contributed by atoms with Crippen molar-refractivity contribution in [3.05, 3.63) is 29.6 Å². The van der Waals surface area contributed by atoms with Crippen LogP contribution in [-0.4, -0.2) is 45.7 Å². The Morgan fingerprint density at radius 2 is 2.00 bits per heavy atom. The van der Waals surface area contributed by atoms with Crippen LogP contribution < -0.4 is 0 Å². The normalized spacial score (nSPS) is 17.0. The zero-order chi connectivity index (χ0) is 15.8. The van der Waals surface area contributed by atoms with Gasteiger partial charge in [-0.3, -0.25) is 4.98 Å². The van der Waals surface area contributed by atoms with Gasteiger partial charge in [0.05, 0.1) is 24.3 Å². The van der Waals surface area contributed by atoms with Crippen LogP contribution in [0.4, 0.5) is 9.18 Å². The van der Waals surface area contributed by atoms with Gasteiger partial charge in [-0.25, -0.2) is 14.0 Å².